The predicted octanol–water partition coefficient (Wildman–Crippen LogP) is -0.266. The highest BCUT2D eigenvalue weighted by Gasteiger charge is 2.04. The van der Waals surface area contributed by atoms with Crippen LogP contribution in [0.1, 0.15) is 13.3 Å². The molecule has 0 spiro atoms. The maximum Gasteiger partial charge on any atom is 0.234 e. The average molecular weight is 154 g/mol. The Bertz CT molecular complexity index is 160. The molecule has 2 N–H and O–H groups in total. The summed E-state index contributed by atoms with van der Waals surface area (Å²) in [6.45, 7) is 2.25. The molecule has 3 heteroatoms. The Labute approximate surface area is 67.6 Å². The van der Waals surface area contributed by atoms with Crippen LogP contribution in [0.2, 0.25) is 0 Å². The second kappa shape index (κ2) is 5.75. The number of nitrogens with one attached hydrogen (secondary N) is 2. The van der Waals surface area contributed by atoms with Gasteiger partial charge in [0.25, 0.3) is 0 Å². The van der Waals surface area contributed by atoms with Crippen molar-refractivity contribution < 1.29 is 4.79 Å². The van der Waals surface area contributed by atoms with E-state index in [4.69, 9.17) is 6.42 Å². The summed E-state index contributed by atoms with van der Waals surface area (Å²) >= 11 is 0. The number of terminal acetylenes is 1. The van der Waals surface area contributed by atoms with Crippen LogP contribution < -0.4 is 10.6 Å². The highest BCUT2D eigenvalue weighted by molar-refractivity contribution is 5.78. The van der Waals surface area contributed by atoms with Crippen molar-refractivity contribution >= 4 is 5.91 Å². The standard InChI is InChI=1S/C8H14N2O/c1-4-7(5-2)10-8(11)6-9-3/h1,7,9H,5-6H2,2-3H3,(H,10,11). The number of hydrogen-bond donors (Lipinski definition) is 2. The predicted molar refractivity (Wildman–Crippen MR) is 45.0 cm³/mol. The molecule has 0 aliphatic carbocycles. The lowest BCUT2D eigenvalue weighted by atomic mass is 10.2. The van der Waals surface area contributed by atoms with Gasteiger partial charge in [0.15, 0.2) is 0 Å². The summed E-state index contributed by atoms with van der Waals surface area (Å²) in [4.78, 5) is 10.9. The van der Waals surface area contributed by atoms with Gasteiger partial charge in [-0.1, -0.05) is 12.8 Å². The Morgan fingerprint density at radius 3 is 2.73 bits per heavy atom. The van der Waals surface area contributed by atoms with Gasteiger partial charge < -0.3 is 10.6 Å². The van der Waals surface area contributed by atoms with Gasteiger partial charge in [0.1, 0.15) is 0 Å². The van der Waals surface area contributed by atoms with Crippen LogP contribution in [-0.4, -0.2) is 25.5 Å². The minimum atomic E-state index is -0.129. The van der Waals surface area contributed by atoms with Crippen LogP contribution in [0, 0.1) is 12.3 Å². The molecule has 0 aliphatic rings. The molecular weight excluding hydrogens is 140 g/mol. The van der Waals surface area contributed by atoms with Gasteiger partial charge >= 0.3 is 0 Å². The van der Waals surface area contributed by atoms with E-state index >= 15 is 0 Å². The first-order chi connectivity index (χ1) is 5.24. The van der Waals surface area contributed by atoms with Crippen molar-refractivity contribution in [2.45, 2.75) is 19.4 Å². The molecule has 11 heavy (non-hydrogen) atoms. The number of carbonyl (C=O) groups is 1. The molecule has 1 unspecified atom stereocenters. The zero-order valence-electron chi connectivity index (χ0n) is 6.98. The summed E-state index contributed by atoms with van der Waals surface area (Å²) in [6.07, 6.45) is 5.91. The fourth-order valence-electron chi connectivity index (χ4n) is 0.667. The van der Waals surface area contributed by atoms with Crippen LogP contribution in [0.4, 0.5) is 0 Å². The van der Waals surface area contributed by atoms with Crippen LogP contribution in [0.5, 0.6) is 0 Å². The van der Waals surface area contributed by atoms with Gasteiger partial charge in [0, 0.05) is 0 Å². The Morgan fingerprint density at radius 1 is 1.73 bits per heavy atom. The Kier molecular flexibility index (Phi) is 5.22. The van der Waals surface area contributed by atoms with E-state index in [9.17, 15) is 4.79 Å². The lowest BCUT2D eigenvalue weighted by Crippen LogP contribution is -2.38. The molecule has 0 rings (SSSR count). The molecule has 1 amide bonds. The summed E-state index contributed by atoms with van der Waals surface area (Å²) in [5.74, 6) is 2.42. The summed E-state index contributed by atoms with van der Waals surface area (Å²) in [6, 6.07) is -0.129. The maximum absolute atomic E-state index is 10.9. The number of hydrogen-bond acceptors (Lipinski definition) is 2. The average Bonchev–Trinajstić information content (AvgIpc) is 2.01. The van der Waals surface area contributed by atoms with Gasteiger partial charge in [-0.05, 0) is 13.5 Å². The third-order valence-electron chi connectivity index (χ3n) is 1.28. The molecule has 0 bridgehead atoms. The molecule has 0 aromatic carbocycles. The highest BCUT2D eigenvalue weighted by atomic mass is 16.1. The van der Waals surface area contributed by atoms with Crippen LogP contribution in [0.3, 0.4) is 0 Å². The van der Waals surface area contributed by atoms with Gasteiger partial charge in [0.05, 0.1) is 12.6 Å². The second-order valence-electron chi connectivity index (χ2n) is 2.23. The van der Waals surface area contributed by atoms with Gasteiger partial charge in [-0.3, -0.25) is 4.79 Å². The largest absolute Gasteiger partial charge is 0.341 e. The summed E-state index contributed by atoms with van der Waals surface area (Å²) in [5.41, 5.74) is 0. The van der Waals surface area contributed by atoms with Crippen LogP contribution >= 0.6 is 0 Å². The van der Waals surface area contributed by atoms with E-state index in [1.807, 2.05) is 6.92 Å². The van der Waals surface area contributed by atoms with Crippen LogP contribution in [-0.2, 0) is 4.79 Å². The second-order valence-corrected chi connectivity index (χ2v) is 2.23. The zero-order valence-corrected chi connectivity index (χ0v) is 6.98. The number of amides is 1. The highest BCUT2D eigenvalue weighted by Crippen LogP contribution is 1.86. The SMILES string of the molecule is C#CC(CC)NC(=O)CNC. The van der Waals surface area contributed by atoms with Gasteiger partial charge in [-0.25, -0.2) is 0 Å². The lowest BCUT2D eigenvalue weighted by molar-refractivity contribution is -0.120. The van der Waals surface area contributed by atoms with Crippen LogP contribution in [0.25, 0.3) is 0 Å². The maximum atomic E-state index is 10.9. The third kappa shape index (κ3) is 4.40. The molecule has 0 heterocycles. The molecule has 0 aliphatic heterocycles. The summed E-state index contributed by atoms with van der Waals surface area (Å²) in [7, 11) is 1.72. The molecule has 0 fully saturated rings. The third-order valence-corrected chi connectivity index (χ3v) is 1.28. The minimum Gasteiger partial charge on any atom is -0.341 e. The van der Waals surface area contributed by atoms with Crippen molar-refractivity contribution in [1.29, 1.82) is 0 Å². The Balaban J connectivity index is 3.65. The van der Waals surface area contributed by atoms with Crippen molar-refractivity contribution in [2.24, 2.45) is 0 Å². The molecule has 3 nitrogen and oxygen atoms in total. The van der Waals surface area contributed by atoms with Crippen LogP contribution in [0.15, 0.2) is 0 Å². The van der Waals surface area contributed by atoms with Crippen molar-refractivity contribution in [2.75, 3.05) is 13.6 Å². The first-order valence-corrected chi connectivity index (χ1v) is 3.64. The fourth-order valence-corrected chi connectivity index (χ4v) is 0.667. The normalized spacial score (nSPS) is 11.7. The molecule has 0 aromatic rings. The molecular formula is C8H14N2O. The van der Waals surface area contributed by atoms with E-state index in [2.05, 4.69) is 16.6 Å². The molecule has 1 atom stereocenters. The number of likely N-dealkylation sites (N-methyl/N-ethyl adjacent to an activating group) is 1. The zero-order chi connectivity index (χ0) is 8.69. The van der Waals surface area contributed by atoms with Gasteiger partial charge in [-0.15, -0.1) is 6.42 Å². The van der Waals surface area contributed by atoms with Crippen molar-refractivity contribution in [3.8, 4) is 12.3 Å². The van der Waals surface area contributed by atoms with E-state index in [1.165, 1.54) is 0 Å². The topological polar surface area (TPSA) is 41.1 Å². The smallest absolute Gasteiger partial charge is 0.234 e. The Hall–Kier alpha value is -1.01. The molecule has 0 radical (unpaired) electrons. The first kappa shape index (κ1) is 9.99. The first-order valence-electron chi connectivity index (χ1n) is 3.64. The monoisotopic (exact) mass is 154 g/mol. The van der Waals surface area contributed by atoms with E-state index in [0.29, 0.717) is 6.54 Å². The van der Waals surface area contributed by atoms with Gasteiger partial charge in [0.2, 0.25) is 5.91 Å². The molecule has 0 aromatic heterocycles. The fraction of sp³-hybridized carbons (Fsp3) is 0.625. The van der Waals surface area contributed by atoms with E-state index in [1.54, 1.807) is 7.05 Å². The molecule has 0 saturated carbocycles. The summed E-state index contributed by atoms with van der Waals surface area (Å²) in [5, 5.41) is 5.42. The van der Waals surface area contributed by atoms with Crippen molar-refractivity contribution in [3.05, 3.63) is 0 Å². The number of rotatable bonds is 4. The van der Waals surface area contributed by atoms with E-state index < -0.39 is 0 Å². The quantitative estimate of drug-likeness (QED) is 0.547. The minimum absolute atomic E-state index is 0.0581. The lowest BCUT2D eigenvalue weighted by Gasteiger charge is -2.09. The molecule has 0 saturated heterocycles. The summed E-state index contributed by atoms with van der Waals surface area (Å²) < 4.78 is 0. The van der Waals surface area contributed by atoms with E-state index in [-0.39, 0.29) is 11.9 Å². The van der Waals surface area contributed by atoms with E-state index in [0.717, 1.165) is 6.42 Å². The van der Waals surface area contributed by atoms with Crippen molar-refractivity contribution in [1.82, 2.24) is 10.6 Å². The van der Waals surface area contributed by atoms with Crippen molar-refractivity contribution in [3.63, 3.8) is 0 Å². The molecule has 62 valence electrons. The number of carbonyl (C=O) groups excluding carboxylic acids is 1. The van der Waals surface area contributed by atoms with Gasteiger partial charge in [-0.2, -0.15) is 0 Å². The Morgan fingerprint density at radius 2 is 2.36 bits per heavy atom.